The number of anilines is 1. The van der Waals surface area contributed by atoms with E-state index in [9.17, 15) is 4.79 Å². The van der Waals surface area contributed by atoms with Gasteiger partial charge in [-0.05, 0) is 23.6 Å². The van der Waals surface area contributed by atoms with Crippen molar-refractivity contribution in [3.8, 4) is 6.07 Å². The Hall–Kier alpha value is -1.86. The zero-order valence-electron chi connectivity index (χ0n) is 10.8. The number of nitrogens with zero attached hydrogens (tertiary/aromatic N) is 1. The van der Waals surface area contributed by atoms with Gasteiger partial charge in [0, 0.05) is 12.2 Å². The molecule has 1 amide bonds. The van der Waals surface area contributed by atoms with Crippen molar-refractivity contribution in [1.82, 2.24) is 0 Å². The van der Waals surface area contributed by atoms with Crippen LogP contribution in [0.4, 0.5) is 5.69 Å². The fourth-order valence-corrected chi connectivity index (χ4v) is 1.71. The summed E-state index contributed by atoms with van der Waals surface area (Å²) >= 11 is 0. The Morgan fingerprint density at radius 1 is 1.39 bits per heavy atom. The minimum Gasteiger partial charge on any atom is -0.330 e. The summed E-state index contributed by atoms with van der Waals surface area (Å²) in [4.78, 5) is 12.0. The number of nitrogens with two attached hydrogens (primary N) is 1. The van der Waals surface area contributed by atoms with Crippen LogP contribution in [0.2, 0.25) is 0 Å². The summed E-state index contributed by atoms with van der Waals surface area (Å²) in [6, 6.07) is 9.37. The first-order valence-electron chi connectivity index (χ1n) is 6.05. The van der Waals surface area contributed by atoms with Gasteiger partial charge in [0.15, 0.2) is 0 Å². The number of benzene rings is 1. The highest BCUT2D eigenvalue weighted by molar-refractivity contribution is 5.92. The first-order chi connectivity index (χ1) is 8.58. The van der Waals surface area contributed by atoms with Gasteiger partial charge in [0.2, 0.25) is 5.91 Å². The second kappa shape index (κ2) is 6.77. The number of hydrogen-bond donors (Lipinski definition) is 2. The molecule has 0 aliphatic carbocycles. The Morgan fingerprint density at radius 3 is 2.44 bits per heavy atom. The second-order valence-corrected chi connectivity index (χ2v) is 4.61. The van der Waals surface area contributed by atoms with E-state index in [0.717, 1.165) is 11.3 Å². The topological polar surface area (TPSA) is 78.9 Å². The highest BCUT2D eigenvalue weighted by Gasteiger charge is 2.20. The monoisotopic (exact) mass is 245 g/mol. The van der Waals surface area contributed by atoms with E-state index in [1.54, 1.807) is 12.1 Å². The van der Waals surface area contributed by atoms with Crippen molar-refractivity contribution < 1.29 is 4.79 Å². The first-order valence-corrected chi connectivity index (χ1v) is 6.05. The summed E-state index contributed by atoms with van der Waals surface area (Å²) in [7, 11) is 0. The van der Waals surface area contributed by atoms with Crippen LogP contribution in [0.5, 0.6) is 0 Å². The van der Waals surface area contributed by atoms with Crippen LogP contribution in [-0.4, -0.2) is 12.5 Å². The van der Waals surface area contributed by atoms with E-state index in [0.29, 0.717) is 13.0 Å². The van der Waals surface area contributed by atoms with Crippen LogP contribution in [0.1, 0.15) is 19.4 Å². The molecule has 0 bridgehead atoms. The van der Waals surface area contributed by atoms with Crippen molar-refractivity contribution >= 4 is 11.6 Å². The molecule has 0 fully saturated rings. The standard InChI is InChI=1S/C14H19N3O/c1-10(2)13(9-16)14(18)17-12-5-3-11(4-6-12)7-8-15/h3-6,10,13H,7,9,16H2,1-2H3,(H,17,18). The van der Waals surface area contributed by atoms with Crippen molar-refractivity contribution in [3.05, 3.63) is 29.8 Å². The molecule has 0 spiro atoms. The molecule has 1 aromatic rings. The third-order valence-electron chi connectivity index (χ3n) is 2.90. The van der Waals surface area contributed by atoms with Gasteiger partial charge >= 0.3 is 0 Å². The van der Waals surface area contributed by atoms with Crippen LogP contribution in [0.15, 0.2) is 24.3 Å². The summed E-state index contributed by atoms with van der Waals surface area (Å²) in [5.41, 5.74) is 7.27. The number of hydrogen-bond acceptors (Lipinski definition) is 3. The predicted molar refractivity (Wildman–Crippen MR) is 71.8 cm³/mol. The largest absolute Gasteiger partial charge is 0.330 e. The fourth-order valence-electron chi connectivity index (χ4n) is 1.71. The average Bonchev–Trinajstić information content (AvgIpc) is 2.32. The van der Waals surface area contributed by atoms with Crippen LogP contribution < -0.4 is 11.1 Å². The van der Waals surface area contributed by atoms with Crippen LogP contribution in [0, 0.1) is 23.2 Å². The van der Waals surface area contributed by atoms with Crippen LogP contribution in [-0.2, 0) is 11.2 Å². The first kappa shape index (κ1) is 14.2. The number of rotatable bonds is 5. The van der Waals surface area contributed by atoms with E-state index in [1.807, 2.05) is 26.0 Å². The summed E-state index contributed by atoms with van der Waals surface area (Å²) in [5, 5.41) is 11.4. The minimum absolute atomic E-state index is 0.0551. The molecule has 18 heavy (non-hydrogen) atoms. The molecule has 1 rings (SSSR count). The van der Waals surface area contributed by atoms with Gasteiger partial charge in [-0.3, -0.25) is 4.79 Å². The molecular weight excluding hydrogens is 226 g/mol. The van der Waals surface area contributed by atoms with Gasteiger partial charge in [-0.25, -0.2) is 0 Å². The molecule has 1 aromatic carbocycles. The molecule has 0 radical (unpaired) electrons. The van der Waals surface area contributed by atoms with Crippen LogP contribution in [0.3, 0.4) is 0 Å². The Bertz CT molecular complexity index is 431. The molecule has 0 aliphatic rings. The molecule has 1 unspecified atom stereocenters. The Balaban J connectivity index is 2.67. The number of carbonyl (C=O) groups is 1. The molecule has 1 atom stereocenters. The maximum Gasteiger partial charge on any atom is 0.229 e. The van der Waals surface area contributed by atoms with Crippen molar-refractivity contribution in [2.24, 2.45) is 17.6 Å². The van der Waals surface area contributed by atoms with Crippen LogP contribution in [0.25, 0.3) is 0 Å². The Labute approximate surface area is 108 Å². The molecule has 4 heteroatoms. The second-order valence-electron chi connectivity index (χ2n) is 4.61. The van der Waals surface area contributed by atoms with E-state index >= 15 is 0 Å². The lowest BCUT2D eigenvalue weighted by molar-refractivity contribution is -0.120. The van der Waals surface area contributed by atoms with Gasteiger partial charge in [0.1, 0.15) is 0 Å². The van der Waals surface area contributed by atoms with Gasteiger partial charge < -0.3 is 11.1 Å². The van der Waals surface area contributed by atoms with Crippen molar-refractivity contribution in [2.45, 2.75) is 20.3 Å². The Kier molecular flexibility index (Phi) is 5.34. The van der Waals surface area contributed by atoms with Crippen molar-refractivity contribution in [1.29, 1.82) is 5.26 Å². The lowest BCUT2D eigenvalue weighted by Gasteiger charge is -2.18. The third kappa shape index (κ3) is 3.86. The molecule has 0 aliphatic heterocycles. The zero-order chi connectivity index (χ0) is 13.5. The average molecular weight is 245 g/mol. The minimum atomic E-state index is -0.177. The van der Waals surface area contributed by atoms with E-state index < -0.39 is 0 Å². The normalized spacial score (nSPS) is 11.9. The summed E-state index contributed by atoms with van der Waals surface area (Å²) in [6.07, 6.45) is 0.381. The van der Waals surface area contributed by atoms with E-state index in [2.05, 4.69) is 11.4 Å². The molecular formula is C14H19N3O. The lowest BCUT2D eigenvalue weighted by atomic mass is 9.95. The van der Waals surface area contributed by atoms with Gasteiger partial charge in [-0.2, -0.15) is 5.26 Å². The van der Waals surface area contributed by atoms with Gasteiger partial charge in [-0.1, -0.05) is 26.0 Å². The molecule has 0 aromatic heterocycles. The maximum atomic E-state index is 12.0. The van der Waals surface area contributed by atoms with Gasteiger partial charge in [0.05, 0.1) is 18.4 Å². The molecule has 3 N–H and O–H groups in total. The highest BCUT2D eigenvalue weighted by Crippen LogP contribution is 2.15. The van der Waals surface area contributed by atoms with Gasteiger partial charge in [-0.15, -0.1) is 0 Å². The van der Waals surface area contributed by atoms with E-state index in [4.69, 9.17) is 11.0 Å². The van der Waals surface area contributed by atoms with Crippen molar-refractivity contribution in [2.75, 3.05) is 11.9 Å². The SMILES string of the molecule is CC(C)C(CN)C(=O)Nc1ccc(CC#N)cc1. The molecule has 0 heterocycles. The smallest absolute Gasteiger partial charge is 0.229 e. The predicted octanol–water partition coefficient (Wildman–Crippen LogP) is 1.92. The fraction of sp³-hybridized carbons (Fsp3) is 0.429. The number of nitrogens with one attached hydrogen (secondary N) is 1. The number of amides is 1. The third-order valence-corrected chi connectivity index (χ3v) is 2.90. The summed E-state index contributed by atoms with van der Waals surface area (Å²) in [5.74, 6) is -0.0165. The summed E-state index contributed by atoms with van der Waals surface area (Å²) in [6.45, 7) is 4.30. The molecule has 0 saturated carbocycles. The van der Waals surface area contributed by atoms with E-state index in [-0.39, 0.29) is 17.7 Å². The number of carbonyl (C=O) groups excluding carboxylic acids is 1. The molecule has 4 nitrogen and oxygen atoms in total. The number of nitriles is 1. The lowest BCUT2D eigenvalue weighted by Crippen LogP contribution is -2.33. The molecule has 0 saturated heterocycles. The van der Waals surface area contributed by atoms with Crippen LogP contribution >= 0.6 is 0 Å². The quantitative estimate of drug-likeness (QED) is 0.831. The zero-order valence-corrected chi connectivity index (χ0v) is 10.8. The van der Waals surface area contributed by atoms with E-state index in [1.165, 1.54) is 0 Å². The molecule has 96 valence electrons. The highest BCUT2D eigenvalue weighted by atomic mass is 16.1. The van der Waals surface area contributed by atoms with Crippen molar-refractivity contribution in [3.63, 3.8) is 0 Å². The Morgan fingerprint density at radius 2 is 2.00 bits per heavy atom. The summed E-state index contributed by atoms with van der Waals surface area (Å²) < 4.78 is 0. The maximum absolute atomic E-state index is 12.0. The van der Waals surface area contributed by atoms with Gasteiger partial charge in [0.25, 0.3) is 0 Å².